The Labute approximate surface area is 101 Å². The zero-order valence-electron chi connectivity index (χ0n) is 10.8. The summed E-state index contributed by atoms with van der Waals surface area (Å²) in [7, 11) is 1.91. The van der Waals surface area contributed by atoms with Crippen molar-refractivity contribution in [1.29, 1.82) is 0 Å². The van der Waals surface area contributed by atoms with Gasteiger partial charge in [-0.2, -0.15) is 5.10 Å². The van der Waals surface area contributed by atoms with Crippen molar-refractivity contribution in [2.75, 3.05) is 0 Å². The van der Waals surface area contributed by atoms with E-state index in [2.05, 4.69) is 23.9 Å². The molecule has 17 heavy (non-hydrogen) atoms. The minimum absolute atomic E-state index is 0.0166. The number of nitrogens with zero attached hydrogens (tertiary/aromatic N) is 4. The van der Waals surface area contributed by atoms with Gasteiger partial charge in [0, 0.05) is 19.3 Å². The summed E-state index contributed by atoms with van der Waals surface area (Å²) in [5, 5.41) is 4.34. The van der Waals surface area contributed by atoms with Crippen LogP contribution in [0.25, 0.3) is 5.69 Å². The summed E-state index contributed by atoms with van der Waals surface area (Å²) in [6.07, 6.45) is 5.60. The van der Waals surface area contributed by atoms with Crippen LogP contribution in [0.4, 0.5) is 0 Å². The first-order valence-electron chi connectivity index (χ1n) is 5.79. The van der Waals surface area contributed by atoms with E-state index in [4.69, 9.17) is 5.73 Å². The number of rotatable bonds is 3. The first kappa shape index (κ1) is 11.9. The lowest BCUT2D eigenvalue weighted by atomic mass is 10.0. The molecule has 0 aromatic carbocycles. The fourth-order valence-corrected chi connectivity index (χ4v) is 1.92. The van der Waals surface area contributed by atoms with Crippen LogP contribution in [-0.4, -0.2) is 19.3 Å². The van der Waals surface area contributed by atoms with Gasteiger partial charge in [-0.15, -0.1) is 0 Å². The van der Waals surface area contributed by atoms with Crippen LogP contribution in [0.1, 0.15) is 31.3 Å². The van der Waals surface area contributed by atoms with Crippen LogP contribution in [0.3, 0.4) is 0 Å². The molecule has 0 aliphatic carbocycles. The van der Waals surface area contributed by atoms with Gasteiger partial charge in [-0.1, -0.05) is 13.8 Å². The summed E-state index contributed by atoms with van der Waals surface area (Å²) in [5.74, 6) is 0.377. The Hall–Kier alpha value is -1.62. The van der Waals surface area contributed by atoms with Gasteiger partial charge >= 0.3 is 0 Å². The second-order valence-electron chi connectivity index (χ2n) is 4.73. The highest BCUT2D eigenvalue weighted by Gasteiger charge is 2.17. The van der Waals surface area contributed by atoms with Crippen molar-refractivity contribution in [3.63, 3.8) is 0 Å². The molecule has 2 heterocycles. The largest absolute Gasteiger partial charge is 0.322 e. The fourth-order valence-electron chi connectivity index (χ4n) is 1.92. The monoisotopic (exact) mass is 233 g/mol. The van der Waals surface area contributed by atoms with Crippen LogP contribution in [0, 0.1) is 12.8 Å². The molecule has 5 nitrogen and oxygen atoms in total. The van der Waals surface area contributed by atoms with Crippen LogP contribution < -0.4 is 5.73 Å². The summed E-state index contributed by atoms with van der Waals surface area (Å²) >= 11 is 0. The number of hydrogen-bond donors (Lipinski definition) is 1. The van der Waals surface area contributed by atoms with E-state index in [1.807, 2.05) is 30.9 Å². The Morgan fingerprint density at radius 2 is 2.06 bits per heavy atom. The quantitative estimate of drug-likeness (QED) is 0.875. The van der Waals surface area contributed by atoms with Gasteiger partial charge in [0.15, 0.2) is 0 Å². The van der Waals surface area contributed by atoms with Crippen LogP contribution >= 0.6 is 0 Å². The van der Waals surface area contributed by atoms with Gasteiger partial charge in [-0.3, -0.25) is 9.25 Å². The second kappa shape index (κ2) is 4.33. The molecular weight excluding hydrogens is 214 g/mol. The van der Waals surface area contributed by atoms with E-state index in [1.54, 1.807) is 11.0 Å². The van der Waals surface area contributed by atoms with Crippen LogP contribution in [0.2, 0.25) is 0 Å². The molecular formula is C12H19N5. The molecule has 0 aliphatic heterocycles. The van der Waals surface area contributed by atoms with E-state index in [0.29, 0.717) is 5.92 Å². The van der Waals surface area contributed by atoms with Crippen molar-refractivity contribution in [3.8, 4) is 5.69 Å². The minimum Gasteiger partial charge on any atom is -0.322 e. The summed E-state index contributed by atoms with van der Waals surface area (Å²) in [5.41, 5.74) is 9.23. The minimum atomic E-state index is -0.0166. The van der Waals surface area contributed by atoms with Crippen LogP contribution in [-0.2, 0) is 7.05 Å². The molecule has 2 rings (SSSR count). The zero-order valence-corrected chi connectivity index (χ0v) is 10.8. The smallest absolute Gasteiger partial charge is 0.0995 e. The molecule has 0 aliphatic rings. The lowest BCUT2D eigenvalue weighted by Gasteiger charge is -2.17. The molecule has 2 aromatic rings. The fraction of sp³-hybridized carbons (Fsp3) is 0.500. The SMILES string of the molecule is Cc1nn(C)cc1-n1cncc1C(N)C(C)C. The topological polar surface area (TPSA) is 61.7 Å². The highest BCUT2D eigenvalue weighted by atomic mass is 15.3. The molecule has 0 fully saturated rings. The zero-order chi connectivity index (χ0) is 12.6. The molecule has 0 saturated heterocycles. The average molecular weight is 233 g/mol. The van der Waals surface area contributed by atoms with Crippen molar-refractivity contribution >= 4 is 0 Å². The van der Waals surface area contributed by atoms with Gasteiger partial charge in [-0.25, -0.2) is 4.98 Å². The number of hydrogen-bond acceptors (Lipinski definition) is 3. The Morgan fingerprint density at radius 1 is 1.35 bits per heavy atom. The molecule has 0 spiro atoms. The molecule has 92 valence electrons. The van der Waals surface area contributed by atoms with E-state index in [-0.39, 0.29) is 6.04 Å². The molecule has 1 unspecified atom stereocenters. The van der Waals surface area contributed by atoms with Gasteiger partial charge < -0.3 is 5.73 Å². The Kier molecular flexibility index (Phi) is 3.02. The Balaban J connectivity index is 2.47. The lowest BCUT2D eigenvalue weighted by molar-refractivity contribution is 0.497. The van der Waals surface area contributed by atoms with Crippen molar-refractivity contribution < 1.29 is 0 Å². The summed E-state index contributed by atoms with van der Waals surface area (Å²) in [6.45, 7) is 6.20. The van der Waals surface area contributed by atoms with Crippen molar-refractivity contribution in [2.24, 2.45) is 18.7 Å². The molecule has 5 heteroatoms. The van der Waals surface area contributed by atoms with Crippen LogP contribution in [0.15, 0.2) is 18.7 Å². The third-order valence-corrected chi connectivity index (χ3v) is 2.97. The molecule has 0 radical (unpaired) electrons. The standard InChI is InChI=1S/C12H19N5/c1-8(2)12(13)10-5-14-7-17(10)11-6-16(4)15-9(11)3/h5-8,12H,13H2,1-4H3. The van der Waals surface area contributed by atoms with Crippen LogP contribution in [0.5, 0.6) is 0 Å². The summed E-state index contributed by atoms with van der Waals surface area (Å²) < 4.78 is 3.82. The normalized spacial score (nSPS) is 13.3. The van der Waals surface area contributed by atoms with Crippen molar-refractivity contribution in [3.05, 3.63) is 30.1 Å². The predicted octanol–water partition coefficient (Wildman–Crippen LogP) is 1.57. The van der Waals surface area contributed by atoms with E-state index >= 15 is 0 Å². The highest BCUT2D eigenvalue weighted by Crippen LogP contribution is 2.22. The molecule has 0 amide bonds. The molecule has 2 aromatic heterocycles. The van der Waals surface area contributed by atoms with E-state index < -0.39 is 0 Å². The molecule has 0 saturated carbocycles. The third-order valence-electron chi connectivity index (χ3n) is 2.97. The van der Waals surface area contributed by atoms with Gasteiger partial charge in [0.1, 0.15) is 0 Å². The number of nitrogens with two attached hydrogens (primary N) is 1. The van der Waals surface area contributed by atoms with Crippen molar-refractivity contribution in [2.45, 2.75) is 26.8 Å². The van der Waals surface area contributed by atoms with E-state index in [1.165, 1.54) is 0 Å². The predicted molar refractivity (Wildman–Crippen MR) is 66.8 cm³/mol. The summed E-state index contributed by atoms with van der Waals surface area (Å²) in [6, 6.07) is -0.0166. The summed E-state index contributed by atoms with van der Waals surface area (Å²) in [4.78, 5) is 4.20. The number of aryl methyl sites for hydroxylation is 2. The Morgan fingerprint density at radius 3 is 2.59 bits per heavy atom. The molecule has 2 N–H and O–H groups in total. The molecule has 1 atom stereocenters. The highest BCUT2D eigenvalue weighted by molar-refractivity contribution is 5.36. The van der Waals surface area contributed by atoms with Gasteiger partial charge in [0.2, 0.25) is 0 Å². The van der Waals surface area contributed by atoms with Gasteiger partial charge in [0.05, 0.1) is 29.6 Å². The maximum atomic E-state index is 6.19. The van der Waals surface area contributed by atoms with Gasteiger partial charge in [-0.05, 0) is 12.8 Å². The molecule has 0 bridgehead atoms. The van der Waals surface area contributed by atoms with Gasteiger partial charge in [0.25, 0.3) is 0 Å². The average Bonchev–Trinajstić information content (AvgIpc) is 2.83. The second-order valence-corrected chi connectivity index (χ2v) is 4.73. The van der Waals surface area contributed by atoms with E-state index in [0.717, 1.165) is 17.1 Å². The number of aromatic nitrogens is 4. The van der Waals surface area contributed by atoms with Crippen molar-refractivity contribution in [1.82, 2.24) is 19.3 Å². The van der Waals surface area contributed by atoms with E-state index in [9.17, 15) is 0 Å². The first-order valence-corrected chi connectivity index (χ1v) is 5.79. The third kappa shape index (κ3) is 2.10. The lowest BCUT2D eigenvalue weighted by Crippen LogP contribution is -2.19. The Bertz CT molecular complexity index is 509. The first-order chi connectivity index (χ1) is 8.00. The maximum absolute atomic E-state index is 6.19. The maximum Gasteiger partial charge on any atom is 0.0995 e. The number of imidazole rings is 1.